The monoisotopic (exact) mass is 303 g/mol. The van der Waals surface area contributed by atoms with Gasteiger partial charge in [-0.05, 0) is 44.1 Å². The fraction of sp³-hybridized carbons (Fsp3) is 0.500. The van der Waals surface area contributed by atoms with E-state index in [0.717, 1.165) is 19.5 Å². The topological polar surface area (TPSA) is 75.4 Å². The van der Waals surface area contributed by atoms with E-state index in [2.05, 4.69) is 9.62 Å². The summed E-state index contributed by atoms with van der Waals surface area (Å²) in [6.45, 7) is 2.34. The first-order valence-electron chi connectivity index (χ1n) is 6.12. The Balaban J connectivity index is 2.08. The smallest absolute Gasteiger partial charge is 0.242 e. The largest absolute Gasteiger partial charge is 0.399 e. The van der Waals surface area contributed by atoms with Crippen LogP contribution >= 0.6 is 11.6 Å². The van der Waals surface area contributed by atoms with E-state index >= 15 is 0 Å². The number of anilines is 1. The number of sulfonamides is 1. The summed E-state index contributed by atoms with van der Waals surface area (Å²) in [5.74, 6) is 0.347. The van der Waals surface area contributed by atoms with E-state index in [-0.39, 0.29) is 9.92 Å². The third-order valence-corrected chi connectivity index (χ3v) is 5.20. The van der Waals surface area contributed by atoms with Crippen LogP contribution < -0.4 is 10.5 Å². The molecule has 1 aromatic carbocycles. The predicted octanol–water partition coefficient (Wildman–Crippen LogP) is 1.15. The Morgan fingerprint density at radius 2 is 2.26 bits per heavy atom. The number of nitrogens with two attached hydrogens (primary N) is 1. The van der Waals surface area contributed by atoms with Crippen LogP contribution in [0.2, 0.25) is 5.02 Å². The van der Waals surface area contributed by atoms with Crippen LogP contribution in [0.3, 0.4) is 0 Å². The number of hydrogen-bond donors (Lipinski definition) is 2. The molecule has 0 saturated carbocycles. The molecule has 0 bridgehead atoms. The molecule has 2 rings (SSSR count). The Hall–Kier alpha value is -0.820. The number of rotatable bonds is 4. The third-order valence-electron chi connectivity index (χ3n) is 3.30. The first-order valence-corrected chi connectivity index (χ1v) is 7.98. The van der Waals surface area contributed by atoms with Crippen molar-refractivity contribution in [2.75, 3.05) is 32.4 Å². The number of halogens is 1. The van der Waals surface area contributed by atoms with Crippen LogP contribution in [0.1, 0.15) is 6.42 Å². The average Bonchev–Trinajstić information content (AvgIpc) is 2.76. The molecule has 106 valence electrons. The van der Waals surface area contributed by atoms with Crippen molar-refractivity contribution < 1.29 is 8.42 Å². The van der Waals surface area contributed by atoms with Gasteiger partial charge in [0.05, 0.1) is 5.02 Å². The molecule has 1 aromatic rings. The Morgan fingerprint density at radius 3 is 2.89 bits per heavy atom. The summed E-state index contributed by atoms with van der Waals surface area (Å²) in [6.07, 6.45) is 1.00. The molecule has 3 N–H and O–H groups in total. The van der Waals surface area contributed by atoms with Crippen LogP contribution in [0.4, 0.5) is 5.69 Å². The number of nitrogens with zero attached hydrogens (tertiary/aromatic N) is 1. The van der Waals surface area contributed by atoms with Gasteiger partial charge >= 0.3 is 0 Å². The van der Waals surface area contributed by atoms with Gasteiger partial charge < -0.3 is 10.6 Å². The van der Waals surface area contributed by atoms with E-state index in [1.54, 1.807) is 6.07 Å². The summed E-state index contributed by atoms with van der Waals surface area (Å²) in [5, 5.41) is 0.185. The van der Waals surface area contributed by atoms with Gasteiger partial charge in [-0.1, -0.05) is 11.6 Å². The standard InChI is InChI=1S/C12H18ClN3O2S/c1-16-5-4-9(8-16)7-15-19(17,18)12-6-10(14)2-3-11(12)13/h2-3,6,9,15H,4-5,7-8,14H2,1H3. The molecule has 1 aliphatic rings. The fourth-order valence-corrected chi connectivity index (χ4v) is 3.87. The number of hydrogen-bond acceptors (Lipinski definition) is 4. The number of likely N-dealkylation sites (tertiary alicyclic amines) is 1. The molecular weight excluding hydrogens is 286 g/mol. The van der Waals surface area contributed by atoms with Crippen LogP contribution in [-0.4, -0.2) is 40.0 Å². The Kier molecular flexibility index (Phi) is 4.35. The van der Waals surface area contributed by atoms with Gasteiger partial charge in [0, 0.05) is 18.8 Å². The van der Waals surface area contributed by atoms with Gasteiger partial charge in [0.1, 0.15) is 4.90 Å². The molecular formula is C12H18ClN3O2S. The summed E-state index contributed by atoms with van der Waals surface area (Å²) in [5.41, 5.74) is 5.98. The Morgan fingerprint density at radius 1 is 1.53 bits per heavy atom. The molecule has 19 heavy (non-hydrogen) atoms. The average molecular weight is 304 g/mol. The van der Waals surface area contributed by atoms with Gasteiger partial charge in [0.15, 0.2) is 0 Å². The molecule has 7 heteroatoms. The summed E-state index contributed by atoms with van der Waals surface area (Å²) in [4.78, 5) is 2.23. The van der Waals surface area contributed by atoms with Crippen LogP contribution in [0.25, 0.3) is 0 Å². The maximum Gasteiger partial charge on any atom is 0.242 e. The second-order valence-electron chi connectivity index (χ2n) is 4.96. The van der Waals surface area contributed by atoms with Crippen molar-refractivity contribution >= 4 is 27.3 Å². The first kappa shape index (κ1) is 14.6. The second kappa shape index (κ2) is 5.66. The summed E-state index contributed by atoms with van der Waals surface area (Å²) < 4.78 is 27.0. The zero-order valence-corrected chi connectivity index (χ0v) is 12.3. The molecule has 1 saturated heterocycles. The van der Waals surface area contributed by atoms with Gasteiger partial charge in [-0.2, -0.15) is 0 Å². The lowest BCUT2D eigenvalue weighted by Crippen LogP contribution is -2.30. The van der Waals surface area contributed by atoms with Crippen molar-refractivity contribution in [1.82, 2.24) is 9.62 Å². The molecule has 1 fully saturated rings. The SMILES string of the molecule is CN1CCC(CNS(=O)(=O)c2cc(N)ccc2Cl)C1. The van der Waals surface area contributed by atoms with Gasteiger partial charge in [0.2, 0.25) is 10.0 Å². The quantitative estimate of drug-likeness (QED) is 0.818. The van der Waals surface area contributed by atoms with Gasteiger partial charge in [0.25, 0.3) is 0 Å². The van der Waals surface area contributed by atoms with Gasteiger partial charge in [-0.25, -0.2) is 13.1 Å². The van der Waals surface area contributed by atoms with Crippen LogP contribution in [0.15, 0.2) is 23.1 Å². The minimum Gasteiger partial charge on any atom is -0.399 e. The number of benzene rings is 1. The van der Waals surface area contributed by atoms with E-state index in [4.69, 9.17) is 17.3 Å². The molecule has 1 aliphatic heterocycles. The first-order chi connectivity index (χ1) is 8.88. The lowest BCUT2D eigenvalue weighted by molar-refractivity contribution is 0.394. The zero-order valence-electron chi connectivity index (χ0n) is 10.8. The van der Waals surface area contributed by atoms with Crippen molar-refractivity contribution in [3.63, 3.8) is 0 Å². The minimum absolute atomic E-state index is 0.0421. The number of nitrogens with one attached hydrogen (secondary N) is 1. The van der Waals surface area contributed by atoms with Crippen molar-refractivity contribution in [3.8, 4) is 0 Å². The van der Waals surface area contributed by atoms with E-state index in [0.29, 0.717) is 18.2 Å². The zero-order chi connectivity index (χ0) is 14.0. The molecule has 1 atom stereocenters. The lowest BCUT2D eigenvalue weighted by Gasteiger charge is -2.13. The fourth-order valence-electron chi connectivity index (χ4n) is 2.22. The van der Waals surface area contributed by atoms with E-state index in [9.17, 15) is 8.42 Å². The van der Waals surface area contributed by atoms with Gasteiger partial charge in [-0.3, -0.25) is 0 Å². The maximum atomic E-state index is 12.2. The molecule has 1 heterocycles. The minimum atomic E-state index is -3.60. The third kappa shape index (κ3) is 3.60. The second-order valence-corrected chi connectivity index (χ2v) is 7.10. The molecule has 0 aromatic heterocycles. The van der Waals surface area contributed by atoms with Crippen LogP contribution in [0, 0.1) is 5.92 Å². The molecule has 1 unspecified atom stereocenters. The normalized spacial score (nSPS) is 20.8. The molecule has 0 amide bonds. The van der Waals surface area contributed by atoms with Crippen molar-refractivity contribution in [1.29, 1.82) is 0 Å². The highest BCUT2D eigenvalue weighted by atomic mass is 35.5. The molecule has 0 radical (unpaired) electrons. The summed E-state index contributed by atoms with van der Waals surface area (Å²) in [6, 6.07) is 4.45. The summed E-state index contributed by atoms with van der Waals surface area (Å²) >= 11 is 5.92. The molecule has 0 aliphatic carbocycles. The lowest BCUT2D eigenvalue weighted by atomic mass is 10.1. The number of nitrogen functional groups attached to an aromatic ring is 1. The van der Waals surface area contributed by atoms with Crippen molar-refractivity contribution in [2.45, 2.75) is 11.3 Å². The van der Waals surface area contributed by atoms with E-state index in [1.807, 2.05) is 7.05 Å². The van der Waals surface area contributed by atoms with Crippen LogP contribution in [0.5, 0.6) is 0 Å². The van der Waals surface area contributed by atoms with Crippen molar-refractivity contribution in [2.24, 2.45) is 5.92 Å². The Bertz CT molecular complexity index is 562. The highest BCUT2D eigenvalue weighted by molar-refractivity contribution is 7.89. The Labute approximate surface area is 118 Å². The maximum absolute atomic E-state index is 12.2. The van der Waals surface area contributed by atoms with Gasteiger partial charge in [-0.15, -0.1) is 0 Å². The highest BCUT2D eigenvalue weighted by Crippen LogP contribution is 2.24. The van der Waals surface area contributed by atoms with E-state index in [1.165, 1.54) is 12.1 Å². The van der Waals surface area contributed by atoms with Crippen molar-refractivity contribution in [3.05, 3.63) is 23.2 Å². The predicted molar refractivity (Wildman–Crippen MR) is 76.7 cm³/mol. The molecule has 5 nitrogen and oxygen atoms in total. The van der Waals surface area contributed by atoms with E-state index < -0.39 is 10.0 Å². The highest BCUT2D eigenvalue weighted by Gasteiger charge is 2.23. The molecule has 0 spiro atoms. The van der Waals surface area contributed by atoms with Crippen LogP contribution in [-0.2, 0) is 10.0 Å². The summed E-state index contributed by atoms with van der Waals surface area (Å²) in [7, 11) is -1.57.